The topological polar surface area (TPSA) is 92.7 Å². The Labute approximate surface area is 127 Å². The van der Waals surface area contributed by atoms with Crippen molar-refractivity contribution in [1.29, 1.82) is 0 Å². The van der Waals surface area contributed by atoms with Gasteiger partial charge in [0.05, 0.1) is 17.7 Å². The van der Waals surface area contributed by atoms with Crippen molar-refractivity contribution in [3.63, 3.8) is 0 Å². The van der Waals surface area contributed by atoms with Crippen molar-refractivity contribution in [3.05, 3.63) is 45.9 Å². The van der Waals surface area contributed by atoms with Gasteiger partial charge in [0.1, 0.15) is 5.69 Å². The van der Waals surface area contributed by atoms with E-state index in [1.807, 2.05) is 13.0 Å². The number of aromatic amines is 1. The predicted octanol–water partition coefficient (Wildman–Crippen LogP) is 0.742. The van der Waals surface area contributed by atoms with Gasteiger partial charge in [0.15, 0.2) is 0 Å². The summed E-state index contributed by atoms with van der Waals surface area (Å²) in [7, 11) is 1.78. The second-order valence-electron chi connectivity index (χ2n) is 5.67. The first-order chi connectivity index (χ1) is 10.6. The van der Waals surface area contributed by atoms with Crippen LogP contribution in [0.1, 0.15) is 47.6 Å². The number of amides is 1. The molecule has 3 rings (SSSR count). The van der Waals surface area contributed by atoms with Gasteiger partial charge in [-0.1, -0.05) is 6.92 Å². The van der Waals surface area contributed by atoms with E-state index in [0.717, 1.165) is 30.7 Å². The van der Waals surface area contributed by atoms with Crippen LogP contribution in [0, 0.1) is 0 Å². The lowest BCUT2D eigenvalue weighted by atomic mass is 9.78. The summed E-state index contributed by atoms with van der Waals surface area (Å²) in [4.78, 5) is 30.2. The summed E-state index contributed by atoms with van der Waals surface area (Å²) in [6.45, 7) is 2.01. The molecule has 2 N–H and O–H groups in total. The van der Waals surface area contributed by atoms with Gasteiger partial charge in [-0.2, -0.15) is 5.10 Å². The summed E-state index contributed by atoms with van der Waals surface area (Å²) in [5.41, 5.74) is 2.14. The van der Waals surface area contributed by atoms with E-state index in [1.54, 1.807) is 11.7 Å². The number of hydrogen-bond donors (Lipinski definition) is 2. The molecule has 0 spiro atoms. The lowest BCUT2D eigenvalue weighted by Gasteiger charge is -2.35. The Morgan fingerprint density at radius 1 is 1.45 bits per heavy atom. The maximum absolute atomic E-state index is 12.3. The van der Waals surface area contributed by atoms with Crippen molar-refractivity contribution in [2.45, 2.75) is 38.1 Å². The molecule has 1 fully saturated rings. The monoisotopic (exact) mass is 301 g/mol. The molecule has 0 bridgehead atoms. The number of rotatable bonds is 4. The van der Waals surface area contributed by atoms with Crippen LogP contribution in [0.2, 0.25) is 0 Å². The molecule has 22 heavy (non-hydrogen) atoms. The number of carbonyl (C=O) groups excluding carboxylic acids is 1. The van der Waals surface area contributed by atoms with Gasteiger partial charge in [-0.05, 0) is 25.3 Å². The Balaban J connectivity index is 1.58. The van der Waals surface area contributed by atoms with Gasteiger partial charge in [-0.3, -0.25) is 14.3 Å². The molecule has 0 aromatic carbocycles. The molecule has 2 heterocycles. The number of nitrogens with zero attached hydrogens (tertiary/aromatic N) is 3. The Morgan fingerprint density at radius 2 is 2.23 bits per heavy atom. The third kappa shape index (κ3) is 2.79. The largest absolute Gasteiger partial charge is 0.348 e. The molecule has 2 aromatic rings. The summed E-state index contributed by atoms with van der Waals surface area (Å²) in [5, 5.41) is 7.29. The first kappa shape index (κ1) is 14.5. The van der Waals surface area contributed by atoms with Crippen LogP contribution in [0.5, 0.6) is 0 Å². The lowest BCUT2D eigenvalue weighted by Crippen LogP contribution is -2.44. The maximum atomic E-state index is 12.3. The molecule has 1 aliphatic rings. The fourth-order valence-electron chi connectivity index (χ4n) is 2.76. The number of aromatic nitrogens is 4. The zero-order chi connectivity index (χ0) is 15.7. The third-order valence-corrected chi connectivity index (χ3v) is 4.12. The van der Waals surface area contributed by atoms with Crippen LogP contribution in [-0.2, 0) is 13.5 Å². The molecule has 0 unspecified atom stereocenters. The van der Waals surface area contributed by atoms with Crippen LogP contribution < -0.4 is 10.9 Å². The van der Waals surface area contributed by atoms with E-state index in [9.17, 15) is 9.59 Å². The van der Waals surface area contributed by atoms with Crippen LogP contribution in [0.3, 0.4) is 0 Å². The van der Waals surface area contributed by atoms with Gasteiger partial charge in [-0.25, -0.2) is 4.98 Å². The van der Waals surface area contributed by atoms with Gasteiger partial charge in [-0.15, -0.1) is 0 Å². The Kier molecular flexibility index (Phi) is 3.79. The number of hydrogen-bond acceptors (Lipinski definition) is 4. The molecular formula is C15H19N5O2. The molecule has 1 aliphatic carbocycles. The minimum absolute atomic E-state index is 0.1000. The second-order valence-corrected chi connectivity index (χ2v) is 5.67. The third-order valence-electron chi connectivity index (χ3n) is 4.12. The number of H-pyrrole nitrogens is 1. The van der Waals surface area contributed by atoms with Crippen molar-refractivity contribution in [1.82, 2.24) is 25.1 Å². The first-order valence-electron chi connectivity index (χ1n) is 7.45. The van der Waals surface area contributed by atoms with Crippen molar-refractivity contribution >= 4 is 5.91 Å². The van der Waals surface area contributed by atoms with Crippen molar-refractivity contribution in [2.24, 2.45) is 7.05 Å². The highest BCUT2D eigenvalue weighted by molar-refractivity contribution is 5.92. The Morgan fingerprint density at radius 3 is 2.86 bits per heavy atom. The van der Waals surface area contributed by atoms with Crippen molar-refractivity contribution in [2.75, 3.05) is 0 Å². The van der Waals surface area contributed by atoms with Crippen LogP contribution in [0.4, 0.5) is 0 Å². The van der Waals surface area contributed by atoms with Crippen molar-refractivity contribution in [3.8, 4) is 0 Å². The summed E-state index contributed by atoms with van der Waals surface area (Å²) < 4.78 is 1.61. The molecule has 2 aromatic heterocycles. The van der Waals surface area contributed by atoms with Crippen molar-refractivity contribution < 1.29 is 4.79 Å². The fourth-order valence-corrected chi connectivity index (χ4v) is 2.76. The summed E-state index contributed by atoms with van der Waals surface area (Å²) in [5.74, 6) is 0.141. The summed E-state index contributed by atoms with van der Waals surface area (Å²) in [6.07, 6.45) is 3.84. The molecule has 0 radical (unpaired) electrons. The summed E-state index contributed by atoms with van der Waals surface area (Å²) in [6, 6.07) is 3.47. The highest BCUT2D eigenvalue weighted by atomic mass is 16.2. The average molecular weight is 301 g/mol. The summed E-state index contributed by atoms with van der Waals surface area (Å²) >= 11 is 0. The molecule has 0 atom stereocenters. The zero-order valence-corrected chi connectivity index (χ0v) is 12.7. The van der Waals surface area contributed by atoms with Gasteiger partial charge in [0, 0.05) is 25.1 Å². The minimum atomic E-state index is -0.139. The molecule has 7 nitrogen and oxygen atoms in total. The van der Waals surface area contributed by atoms with E-state index in [1.165, 1.54) is 12.4 Å². The molecular weight excluding hydrogens is 282 g/mol. The van der Waals surface area contributed by atoms with E-state index in [0.29, 0.717) is 5.69 Å². The highest BCUT2D eigenvalue weighted by Gasteiger charge is 2.33. The molecule has 7 heteroatoms. The zero-order valence-electron chi connectivity index (χ0n) is 12.7. The molecule has 1 amide bonds. The van der Waals surface area contributed by atoms with Crippen LogP contribution in [0.25, 0.3) is 0 Å². The van der Waals surface area contributed by atoms with E-state index < -0.39 is 0 Å². The molecule has 0 aliphatic heterocycles. The highest BCUT2D eigenvalue weighted by Crippen LogP contribution is 2.35. The number of nitrogens with one attached hydrogen (secondary N) is 2. The van der Waals surface area contributed by atoms with Crippen LogP contribution in [-0.4, -0.2) is 31.7 Å². The fraction of sp³-hybridized carbons (Fsp3) is 0.467. The first-order valence-corrected chi connectivity index (χ1v) is 7.45. The molecule has 0 saturated heterocycles. The van der Waals surface area contributed by atoms with Gasteiger partial charge < -0.3 is 10.3 Å². The maximum Gasteiger partial charge on any atom is 0.269 e. The minimum Gasteiger partial charge on any atom is -0.348 e. The predicted molar refractivity (Wildman–Crippen MR) is 80.7 cm³/mol. The van der Waals surface area contributed by atoms with Gasteiger partial charge >= 0.3 is 0 Å². The second kappa shape index (κ2) is 5.75. The number of carbonyl (C=O) groups is 1. The van der Waals surface area contributed by atoms with Crippen LogP contribution in [0.15, 0.2) is 23.3 Å². The van der Waals surface area contributed by atoms with Crippen LogP contribution >= 0.6 is 0 Å². The molecule has 1 saturated carbocycles. The van der Waals surface area contributed by atoms with E-state index in [4.69, 9.17) is 0 Å². The van der Waals surface area contributed by atoms with Gasteiger partial charge in [0.2, 0.25) is 0 Å². The SMILES string of the molecule is CCc1cc(C(=O)NC2CC(c3cc(=O)[nH]cn3)C2)n(C)n1. The quantitative estimate of drug-likeness (QED) is 0.871. The Bertz CT molecular complexity index is 742. The normalized spacial score (nSPS) is 20.5. The smallest absolute Gasteiger partial charge is 0.269 e. The standard InChI is InChI=1S/C15H19N5O2/c1-3-10-6-13(20(2)19-10)15(22)18-11-4-9(5-11)12-7-14(21)17-8-16-12/h6-9,11H,3-5H2,1-2H3,(H,18,22)(H,16,17,21). The Hall–Kier alpha value is -2.44. The lowest BCUT2D eigenvalue weighted by molar-refractivity contribution is 0.0898. The van der Waals surface area contributed by atoms with E-state index >= 15 is 0 Å². The average Bonchev–Trinajstić information content (AvgIpc) is 2.83. The van der Waals surface area contributed by atoms with Gasteiger partial charge in [0.25, 0.3) is 11.5 Å². The molecule has 116 valence electrons. The van der Waals surface area contributed by atoms with E-state index in [-0.39, 0.29) is 23.4 Å². The number of aryl methyl sites for hydroxylation is 2. The van der Waals surface area contributed by atoms with E-state index in [2.05, 4.69) is 20.4 Å².